The van der Waals surface area contributed by atoms with Gasteiger partial charge in [0.15, 0.2) is 0 Å². The molecule has 0 fully saturated rings. The molecule has 0 saturated heterocycles. The Bertz CT molecular complexity index is 468. The minimum absolute atomic E-state index is 0.204. The third-order valence-electron chi connectivity index (χ3n) is 3.33. The molecule has 0 bridgehead atoms. The summed E-state index contributed by atoms with van der Waals surface area (Å²) in [5.41, 5.74) is 0. The molecule has 0 aliphatic heterocycles. The largest absolute Gasteiger partial charge is 0.481 e. The Kier molecular flexibility index (Phi) is 10.9. The first kappa shape index (κ1) is 22.6. The summed E-state index contributed by atoms with van der Waals surface area (Å²) < 4.78 is 0. The van der Waals surface area contributed by atoms with Crippen LogP contribution in [0.25, 0.3) is 0 Å². The standard InChI is InChI=1S/C15H27N3O7/c1-9(2)16-8-4-3-5-10(13(21)22)17-15(25)18-11(14(23)24)6-7-12(19)20/h9-11,16H,3-8H2,1-2H3,(H,19,20)(H,21,22)(H,23,24)(H2,17,18,25)/t10-,11+/m0/s1. The van der Waals surface area contributed by atoms with Gasteiger partial charge in [-0.1, -0.05) is 13.8 Å². The van der Waals surface area contributed by atoms with Gasteiger partial charge in [0.25, 0.3) is 0 Å². The number of carboxylic acids is 3. The van der Waals surface area contributed by atoms with Crippen LogP contribution in [0.5, 0.6) is 0 Å². The molecule has 6 N–H and O–H groups in total. The number of rotatable bonds is 13. The summed E-state index contributed by atoms with van der Waals surface area (Å²) in [7, 11) is 0. The van der Waals surface area contributed by atoms with Gasteiger partial charge in [0.05, 0.1) is 0 Å². The highest BCUT2D eigenvalue weighted by Crippen LogP contribution is 2.03. The van der Waals surface area contributed by atoms with E-state index in [1.165, 1.54) is 0 Å². The lowest BCUT2D eigenvalue weighted by molar-refractivity contribution is -0.140. The van der Waals surface area contributed by atoms with Crippen molar-refractivity contribution in [2.75, 3.05) is 6.54 Å². The van der Waals surface area contributed by atoms with Crippen LogP contribution < -0.4 is 16.0 Å². The Balaban J connectivity index is 4.39. The van der Waals surface area contributed by atoms with Crippen molar-refractivity contribution in [1.82, 2.24) is 16.0 Å². The maximum Gasteiger partial charge on any atom is 0.326 e. The van der Waals surface area contributed by atoms with E-state index in [0.29, 0.717) is 12.5 Å². The van der Waals surface area contributed by atoms with Gasteiger partial charge >= 0.3 is 23.9 Å². The molecule has 144 valence electrons. The van der Waals surface area contributed by atoms with Crippen LogP contribution in [0.2, 0.25) is 0 Å². The molecule has 0 radical (unpaired) electrons. The van der Waals surface area contributed by atoms with Crippen LogP contribution in [0, 0.1) is 0 Å². The van der Waals surface area contributed by atoms with E-state index in [1.54, 1.807) is 0 Å². The van der Waals surface area contributed by atoms with Gasteiger partial charge in [0, 0.05) is 12.5 Å². The second kappa shape index (κ2) is 12.1. The minimum Gasteiger partial charge on any atom is -0.481 e. The van der Waals surface area contributed by atoms with Crippen LogP contribution in [0.3, 0.4) is 0 Å². The summed E-state index contributed by atoms with van der Waals surface area (Å²) >= 11 is 0. The molecule has 0 aromatic carbocycles. The second-order valence-corrected chi connectivity index (χ2v) is 5.94. The van der Waals surface area contributed by atoms with Gasteiger partial charge in [0.2, 0.25) is 0 Å². The Morgan fingerprint density at radius 2 is 1.36 bits per heavy atom. The molecule has 0 aromatic heterocycles. The molecular weight excluding hydrogens is 334 g/mol. The number of unbranched alkanes of at least 4 members (excludes halogenated alkanes) is 1. The summed E-state index contributed by atoms with van der Waals surface area (Å²) in [6.07, 6.45) is 0.786. The number of nitrogens with one attached hydrogen (secondary N) is 3. The van der Waals surface area contributed by atoms with Gasteiger partial charge in [0.1, 0.15) is 12.1 Å². The number of carbonyl (C=O) groups is 4. The highest BCUT2D eigenvalue weighted by atomic mass is 16.4. The quantitative estimate of drug-likeness (QED) is 0.254. The molecule has 25 heavy (non-hydrogen) atoms. The van der Waals surface area contributed by atoms with Crippen LogP contribution in [0.1, 0.15) is 46.0 Å². The van der Waals surface area contributed by atoms with E-state index in [2.05, 4.69) is 16.0 Å². The first-order valence-electron chi connectivity index (χ1n) is 8.11. The molecule has 10 nitrogen and oxygen atoms in total. The van der Waals surface area contributed by atoms with Crippen molar-refractivity contribution in [3.8, 4) is 0 Å². The molecule has 10 heteroatoms. The first-order valence-corrected chi connectivity index (χ1v) is 8.11. The molecular formula is C15H27N3O7. The fourth-order valence-electron chi connectivity index (χ4n) is 2.00. The molecule has 0 rings (SSSR count). The molecule has 0 saturated carbocycles. The Hall–Kier alpha value is -2.36. The van der Waals surface area contributed by atoms with Crippen LogP contribution in [0.4, 0.5) is 4.79 Å². The molecule has 0 aromatic rings. The number of carbonyl (C=O) groups excluding carboxylic acids is 1. The number of aliphatic carboxylic acids is 3. The van der Waals surface area contributed by atoms with Crippen molar-refractivity contribution in [2.24, 2.45) is 0 Å². The molecule has 2 amide bonds. The zero-order chi connectivity index (χ0) is 19.4. The van der Waals surface area contributed by atoms with Crippen molar-refractivity contribution < 1.29 is 34.5 Å². The summed E-state index contributed by atoms with van der Waals surface area (Å²) in [5.74, 6) is -3.79. The highest BCUT2D eigenvalue weighted by Gasteiger charge is 2.24. The van der Waals surface area contributed by atoms with E-state index in [9.17, 15) is 19.2 Å². The highest BCUT2D eigenvalue weighted by molar-refractivity contribution is 5.86. The summed E-state index contributed by atoms with van der Waals surface area (Å²) in [4.78, 5) is 44.5. The topological polar surface area (TPSA) is 165 Å². The van der Waals surface area contributed by atoms with Gasteiger partial charge in [-0.2, -0.15) is 0 Å². The van der Waals surface area contributed by atoms with Gasteiger partial charge in [-0.15, -0.1) is 0 Å². The fourth-order valence-corrected chi connectivity index (χ4v) is 2.00. The Morgan fingerprint density at radius 1 is 0.840 bits per heavy atom. The van der Waals surface area contributed by atoms with Crippen molar-refractivity contribution in [1.29, 1.82) is 0 Å². The Morgan fingerprint density at radius 3 is 1.80 bits per heavy atom. The lowest BCUT2D eigenvalue weighted by Crippen LogP contribution is -2.51. The summed E-state index contributed by atoms with van der Waals surface area (Å²) in [5, 5.41) is 34.2. The van der Waals surface area contributed by atoms with Crippen molar-refractivity contribution in [2.45, 2.75) is 64.1 Å². The van der Waals surface area contributed by atoms with E-state index in [4.69, 9.17) is 15.3 Å². The second-order valence-electron chi connectivity index (χ2n) is 5.94. The maximum atomic E-state index is 11.8. The molecule has 0 unspecified atom stereocenters. The van der Waals surface area contributed by atoms with Gasteiger partial charge in [-0.25, -0.2) is 14.4 Å². The monoisotopic (exact) mass is 361 g/mol. The Labute approximate surface area is 146 Å². The number of urea groups is 1. The van der Waals surface area contributed by atoms with Crippen molar-refractivity contribution in [3.05, 3.63) is 0 Å². The smallest absolute Gasteiger partial charge is 0.326 e. The maximum absolute atomic E-state index is 11.8. The third kappa shape index (κ3) is 11.8. The van der Waals surface area contributed by atoms with E-state index >= 15 is 0 Å². The van der Waals surface area contributed by atoms with Gasteiger partial charge in [-0.3, -0.25) is 4.79 Å². The molecule has 0 heterocycles. The van der Waals surface area contributed by atoms with E-state index in [0.717, 1.165) is 13.0 Å². The number of hydrogen-bond donors (Lipinski definition) is 6. The minimum atomic E-state index is -1.40. The number of carboxylic acid groups (broad SMARTS) is 3. The molecule has 2 atom stereocenters. The van der Waals surface area contributed by atoms with Crippen molar-refractivity contribution >= 4 is 23.9 Å². The van der Waals surface area contributed by atoms with Gasteiger partial charge < -0.3 is 31.3 Å². The summed E-state index contributed by atoms with van der Waals surface area (Å²) in [6, 6.07) is -3.17. The molecule has 0 spiro atoms. The van der Waals surface area contributed by atoms with Crippen LogP contribution in [-0.2, 0) is 14.4 Å². The molecule has 0 aliphatic rings. The van der Waals surface area contributed by atoms with Crippen LogP contribution in [0.15, 0.2) is 0 Å². The zero-order valence-corrected chi connectivity index (χ0v) is 14.4. The normalized spacial score (nSPS) is 13.1. The SMILES string of the molecule is CC(C)NCCCC[C@H](NC(=O)N[C@H](CCC(=O)O)C(=O)O)C(=O)O. The summed E-state index contributed by atoms with van der Waals surface area (Å²) in [6.45, 7) is 4.72. The van der Waals surface area contributed by atoms with E-state index in [1.807, 2.05) is 13.8 Å². The number of hydrogen-bond acceptors (Lipinski definition) is 5. The fraction of sp³-hybridized carbons (Fsp3) is 0.733. The zero-order valence-electron chi connectivity index (χ0n) is 14.4. The number of amides is 2. The predicted octanol–water partition coefficient (Wildman–Crippen LogP) is 0.225. The van der Waals surface area contributed by atoms with Crippen molar-refractivity contribution in [3.63, 3.8) is 0 Å². The predicted molar refractivity (Wildman–Crippen MR) is 88.4 cm³/mol. The average molecular weight is 361 g/mol. The average Bonchev–Trinajstić information content (AvgIpc) is 2.48. The van der Waals surface area contributed by atoms with Gasteiger partial charge in [-0.05, 0) is 32.2 Å². The van der Waals surface area contributed by atoms with E-state index in [-0.39, 0.29) is 12.8 Å². The lowest BCUT2D eigenvalue weighted by atomic mass is 10.1. The first-order chi connectivity index (χ1) is 11.6. The molecule has 0 aliphatic carbocycles. The van der Waals surface area contributed by atoms with Crippen LogP contribution >= 0.6 is 0 Å². The van der Waals surface area contributed by atoms with E-state index < -0.39 is 42.4 Å². The van der Waals surface area contributed by atoms with Crippen LogP contribution in [-0.4, -0.2) is 63.9 Å². The third-order valence-corrected chi connectivity index (χ3v) is 3.33. The lowest BCUT2D eigenvalue weighted by Gasteiger charge is -2.18.